The van der Waals surface area contributed by atoms with Gasteiger partial charge < -0.3 is 10.0 Å². The predicted molar refractivity (Wildman–Crippen MR) is 75.2 cm³/mol. The Bertz CT molecular complexity index is 711. The molecular weight excluding hydrogens is 291 g/mol. The van der Waals surface area contributed by atoms with E-state index in [0.717, 1.165) is 4.90 Å². The zero-order valence-corrected chi connectivity index (χ0v) is 12.3. The lowest BCUT2D eigenvalue weighted by Gasteiger charge is -2.19. The van der Waals surface area contributed by atoms with Gasteiger partial charge in [-0.2, -0.15) is 0 Å². The Morgan fingerprint density at radius 3 is 2.45 bits per heavy atom. The molecule has 0 fully saturated rings. The first-order chi connectivity index (χ1) is 10.3. The molecule has 1 heterocycles. The lowest BCUT2D eigenvalue weighted by molar-refractivity contribution is -0.141. The van der Waals surface area contributed by atoms with Crippen LogP contribution in [0.15, 0.2) is 24.3 Å². The number of amides is 1. The van der Waals surface area contributed by atoms with Crippen LogP contribution in [0.4, 0.5) is 4.39 Å². The Morgan fingerprint density at radius 2 is 1.91 bits per heavy atom. The van der Waals surface area contributed by atoms with Crippen molar-refractivity contribution in [3.8, 4) is 5.69 Å². The van der Waals surface area contributed by atoms with Crippen LogP contribution in [0.1, 0.15) is 23.4 Å². The smallest absolute Gasteiger partial charge is 0.326 e. The van der Waals surface area contributed by atoms with Crippen LogP contribution in [-0.4, -0.2) is 49.7 Å². The summed E-state index contributed by atoms with van der Waals surface area (Å²) in [6.07, 6.45) is 0. The minimum Gasteiger partial charge on any atom is -0.480 e. The van der Waals surface area contributed by atoms with Crippen molar-refractivity contribution in [1.82, 2.24) is 19.7 Å². The van der Waals surface area contributed by atoms with E-state index in [0.29, 0.717) is 11.5 Å². The molecule has 8 heteroatoms. The first-order valence-corrected chi connectivity index (χ1v) is 6.51. The summed E-state index contributed by atoms with van der Waals surface area (Å²) in [5, 5.41) is 13.0. The average Bonchev–Trinajstić information content (AvgIpc) is 2.87. The fourth-order valence-corrected chi connectivity index (χ4v) is 1.81. The SMILES string of the molecule is Cc1nc(C(=O)N(C)C(C)C(=O)O)nn1-c1ccc(F)cc1. The van der Waals surface area contributed by atoms with Crippen molar-refractivity contribution in [2.75, 3.05) is 7.05 Å². The number of halogens is 1. The number of rotatable bonds is 4. The quantitative estimate of drug-likeness (QED) is 0.918. The monoisotopic (exact) mass is 306 g/mol. The number of aromatic nitrogens is 3. The average molecular weight is 306 g/mol. The number of benzene rings is 1. The molecular formula is C14H15FN4O3. The molecule has 1 unspecified atom stereocenters. The minimum atomic E-state index is -1.12. The summed E-state index contributed by atoms with van der Waals surface area (Å²) < 4.78 is 14.3. The van der Waals surface area contributed by atoms with Gasteiger partial charge in [0.2, 0.25) is 5.82 Å². The summed E-state index contributed by atoms with van der Waals surface area (Å²) >= 11 is 0. The highest BCUT2D eigenvalue weighted by atomic mass is 19.1. The van der Waals surface area contributed by atoms with Crippen molar-refractivity contribution >= 4 is 11.9 Å². The Kier molecular flexibility index (Phi) is 4.20. The van der Waals surface area contributed by atoms with E-state index in [1.807, 2.05) is 0 Å². The van der Waals surface area contributed by atoms with Crippen molar-refractivity contribution in [2.45, 2.75) is 19.9 Å². The van der Waals surface area contributed by atoms with Crippen LogP contribution in [0.2, 0.25) is 0 Å². The van der Waals surface area contributed by atoms with Crippen LogP contribution in [0.25, 0.3) is 5.69 Å². The van der Waals surface area contributed by atoms with Gasteiger partial charge in [0.25, 0.3) is 5.91 Å². The van der Waals surface area contributed by atoms with Crippen molar-refractivity contribution < 1.29 is 19.1 Å². The van der Waals surface area contributed by atoms with Crippen molar-refractivity contribution in [3.05, 3.63) is 41.7 Å². The third kappa shape index (κ3) is 2.95. The van der Waals surface area contributed by atoms with Crippen LogP contribution >= 0.6 is 0 Å². The van der Waals surface area contributed by atoms with Crippen LogP contribution in [0, 0.1) is 12.7 Å². The van der Waals surface area contributed by atoms with Crippen LogP contribution in [0.3, 0.4) is 0 Å². The molecule has 1 aromatic carbocycles. The van der Waals surface area contributed by atoms with E-state index in [4.69, 9.17) is 5.11 Å². The number of carbonyl (C=O) groups is 2. The fourth-order valence-electron chi connectivity index (χ4n) is 1.81. The molecule has 0 bridgehead atoms. The first kappa shape index (κ1) is 15.6. The van der Waals surface area contributed by atoms with Gasteiger partial charge in [-0.25, -0.2) is 18.9 Å². The summed E-state index contributed by atoms with van der Waals surface area (Å²) in [5.74, 6) is -1.78. The lowest BCUT2D eigenvalue weighted by atomic mass is 10.3. The first-order valence-electron chi connectivity index (χ1n) is 6.51. The summed E-state index contributed by atoms with van der Waals surface area (Å²) in [4.78, 5) is 28.2. The van der Waals surface area contributed by atoms with Gasteiger partial charge in [0.05, 0.1) is 5.69 Å². The molecule has 0 saturated heterocycles. The summed E-state index contributed by atoms with van der Waals surface area (Å²) in [6, 6.07) is 4.57. The van der Waals surface area contributed by atoms with E-state index < -0.39 is 17.9 Å². The molecule has 0 aliphatic rings. The zero-order valence-electron chi connectivity index (χ0n) is 12.3. The van der Waals surface area contributed by atoms with E-state index in [-0.39, 0.29) is 11.6 Å². The Morgan fingerprint density at radius 1 is 1.32 bits per heavy atom. The molecule has 0 aliphatic carbocycles. The van der Waals surface area contributed by atoms with E-state index >= 15 is 0 Å². The van der Waals surface area contributed by atoms with Gasteiger partial charge in [0.1, 0.15) is 17.7 Å². The largest absolute Gasteiger partial charge is 0.480 e. The second-order valence-electron chi connectivity index (χ2n) is 4.80. The third-order valence-electron chi connectivity index (χ3n) is 3.29. The maximum atomic E-state index is 12.9. The van der Waals surface area contributed by atoms with Gasteiger partial charge in [-0.15, -0.1) is 5.10 Å². The number of hydrogen-bond donors (Lipinski definition) is 1. The number of carbonyl (C=O) groups excluding carboxylic acids is 1. The molecule has 22 heavy (non-hydrogen) atoms. The molecule has 2 rings (SSSR count). The lowest BCUT2D eigenvalue weighted by Crippen LogP contribution is -2.40. The second kappa shape index (κ2) is 5.92. The van der Waals surface area contributed by atoms with Crippen molar-refractivity contribution in [1.29, 1.82) is 0 Å². The third-order valence-corrected chi connectivity index (χ3v) is 3.29. The van der Waals surface area contributed by atoms with Gasteiger partial charge >= 0.3 is 5.97 Å². The molecule has 116 valence electrons. The molecule has 7 nitrogen and oxygen atoms in total. The molecule has 0 aliphatic heterocycles. The van der Waals surface area contributed by atoms with Crippen molar-refractivity contribution in [3.63, 3.8) is 0 Å². The number of carboxylic acid groups (broad SMARTS) is 1. The Labute approximate surface area is 126 Å². The number of hydrogen-bond acceptors (Lipinski definition) is 4. The molecule has 1 amide bonds. The highest BCUT2D eigenvalue weighted by Gasteiger charge is 2.26. The molecule has 0 saturated carbocycles. The van der Waals surface area contributed by atoms with E-state index in [1.54, 1.807) is 6.92 Å². The topological polar surface area (TPSA) is 88.3 Å². The van der Waals surface area contributed by atoms with Crippen LogP contribution in [0.5, 0.6) is 0 Å². The molecule has 1 atom stereocenters. The van der Waals surface area contributed by atoms with Gasteiger partial charge in [-0.05, 0) is 38.1 Å². The molecule has 1 aromatic heterocycles. The summed E-state index contributed by atoms with van der Waals surface area (Å²) in [5.41, 5.74) is 0.555. The molecule has 1 N–H and O–H groups in total. The highest BCUT2D eigenvalue weighted by Crippen LogP contribution is 2.12. The standard InChI is InChI=1S/C14H15FN4O3/c1-8(14(21)22)18(3)13(20)12-16-9(2)19(17-12)11-6-4-10(15)5-7-11/h4-8H,1-3H3,(H,21,22). The summed E-state index contributed by atoms with van der Waals surface area (Å²) in [7, 11) is 1.37. The molecule has 2 aromatic rings. The number of carboxylic acids is 1. The predicted octanol–water partition coefficient (Wildman–Crippen LogP) is 1.26. The summed E-state index contributed by atoms with van der Waals surface area (Å²) in [6.45, 7) is 3.04. The number of aryl methyl sites for hydroxylation is 1. The van der Waals surface area contributed by atoms with Crippen LogP contribution in [-0.2, 0) is 4.79 Å². The number of nitrogens with zero attached hydrogens (tertiary/aromatic N) is 4. The Hall–Kier alpha value is -2.77. The van der Waals surface area contributed by atoms with Crippen LogP contribution < -0.4 is 0 Å². The fraction of sp³-hybridized carbons (Fsp3) is 0.286. The molecule has 0 spiro atoms. The van der Waals surface area contributed by atoms with E-state index in [2.05, 4.69) is 10.1 Å². The maximum Gasteiger partial charge on any atom is 0.326 e. The second-order valence-corrected chi connectivity index (χ2v) is 4.80. The van der Waals surface area contributed by atoms with E-state index in [1.165, 1.54) is 42.9 Å². The number of aliphatic carboxylic acids is 1. The van der Waals surface area contributed by atoms with Gasteiger partial charge in [-0.1, -0.05) is 0 Å². The van der Waals surface area contributed by atoms with Gasteiger partial charge in [-0.3, -0.25) is 4.79 Å². The minimum absolute atomic E-state index is 0.113. The highest BCUT2D eigenvalue weighted by molar-refractivity contribution is 5.93. The van der Waals surface area contributed by atoms with Crippen molar-refractivity contribution in [2.24, 2.45) is 0 Å². The maximum absolute atomic E-state index is 12.9. The normalized spacial score (nSPS) is 12.0. The molecule has 0 radical (unpaired) electrons. The van der Waals surface area contributed by atoms with Gasteiger partial charge in [0.15, 0.2) is 0 Å². The van der Waals surface area contributed by atoms with Gasteiger partial charge in [0, 0.05) is 7.05 Å². The zero-order chi connectivity index (χ0) is 16.4. The number of likely N-dealkylation sites (N-methyl/N-ethyl adjacent to an activating group) is 1. The van der Waals surface area contributed by atoms with E-state index in [9.17, 15) is 14.0 Å². The Balaban J connectivity index is 2.31.